The molecule has 0 heterocycles. The van der Waals surface area contributed by atoms with E-state index in [2.05, 4.69) is 39.8 Å². The Balaban J connectivity index is 1.74. The minimum absolute atomic E-state index is 0.871. The lowest BCUT2D eigenvalue weighted by atomic mass is 9.77. The minimum atomic E-state index is 0.871. The summed E-state index contributed by atoms with van der Waals surface area (Å²) < 4.78 is 0. The van der Waals surface area contributed by atoms with Crippen molar-refractivity contribution in [2.75, 3.05) is 0 Å². The standard InChI is InChI=1S/C21H38/c1-5-18(12-10-16(2)3)17(4)11-13-20-15-14-19-8-6-7-9-21(19)20/h6-7,16-21H,5,8-15H2,1-4H3. The average Bonchev–Trinajstić information content (AvgIpc) is 2.88. The second-order valence-electron chi connectivity index (χ2n) is 8.40. The molecule has 0 radical (unpaired) electrons. The highest BCUT2D eigenvalue weighted by Gasteiger charge is 2.35. The topological polar surface area (TPSA) is 0 Å². The maximum Gasteiger partial charge on any atom is -0.0317 e. The molecule has 0 aromatic rings. The molecule has 0 heteroatoms. The van der Waals surface area contributed by atoms with Gasteiger partial charge in [-0.3, -0.25) is 0 Å². The van der Waals surface area contributed by atoms with E-state index in [1.54, 1.807) is 0 Å². The fourth-order valence-electron chi connectivity index (χ4n) is 4.95. The summed E-state index contributed by atoms with van der Waals surface area (Å²) in [5.41, 5.74) is 0. The summed E-state index contributed by atoms with van der Waals surface area (Å²) in [5.74, 6) is 5.90. The fourth-order valence-corrected chi connectivity index (χ4v) is 4.95. The first-order chi connectivity index (χ1) is 10.1. The molecule has 122 valence electrons. The molecule has 0 aromatic carbocycles. The van der Waals surface area contributed by atoms with E-state index < -0.39 is 0 Å². The molecule has 2 rings (SSSR count). The quantitative estimate of drug-likeness (QED) is 0.428. The zero-order valence-corrected chi connectivity index (χ0v) is 15.0. The van der Waals surface area contributed by atoms with Gasteiger partial charge < -0.3 is 0 Å². The van der Waals surface area contributed by atoms with Gasteiger partial charge in [-0.1, -0.05) is 59.1 Å². The zero-order chi connectivity index (χ0) is 15.2. The number of rotatable bonds is 8. The number of hydrogen-bond donors (Lipinski definition) is 0. The van der Waals surface area contributed by atoms with Gasteiger partial charge in [0.1, 0.15) is 0 Å². The van der Waals surface area contributed by atoms with Crippen molar-refractivity contribution in [2.24, 2.45) is 35.5 Å². The SMILES string of the molecule is CCC(CCC(C)C)C(C)CCC1CCC2CC=CCC21. The lowest BCUT2D eigenvalue weighted by Gasteiger charge is -2.29. The van der Waals surface area contributed by atoms with Gasteiger partial charge in [-0.15, -0.1) is 0 Å². The van der Waals surface area contributed by atoms with Gasteiger partial charge in [0.2, 0.25) is 0 Å². The van der Waals surface area contributed by atoms with Crippen LogP contribution in [0.5, 0.6) is 0 Å². The molecule has 0 nitrogen and oxygen atoms in total. The molecule has 5 atom stereocenters. The van der Waals surface area contributed by atoms with Gasteiger partial charge in [-0.05, 0) is 74.0 Å². The van der Waals surface area contributed by atoms with Crippen molar-refractivity contribution in [1.82, 2.24) is 0 Å². The second-order valence-corrected chi connectivity index (χ2v) is 8.40. The highest BCUT2D eigenvalue weighted by Crippen LogP contribution is 2.46. The Bertz CT molecular complexity index is 314. The third kappa shape index (κ3) is 4.86. The molecule has 0 spiro atoms. The molecule has 2 aliphatic carbocycles. The molecule has 21 heavy (non-hydrogen) atoms. The minimum Gasteiger partial charge on any atom is -0.0882 e. The third-order valence-corrected chi connectivity index (χ3v) is 6.57. The molecule has 0 amide bonds. The summed E-state index contributed by atoms with van der Waals surface area (Å²) >= 11 is 0. The lowest BCUT2D eigenvalue weighted by Crippen LogP contribution is -2.19. The highest BCUT2D eigenvalue weighted by molar-refractivity contribution is 4.99. The average molecular weight is 291 g/mol. The molecule has 2 aliphatic rings. The van der Waals surface area contributed by atoms with E-state index in [0.29, 0.717) is 0 Å². The van der Waals surface area contributed by atoms with Crippen LogP contribution in [0, 0.1) is 35.5 Å². The van der Waals surface area contributed by atoms with Crippen LogP contribution in [0.2, 0.25) is 0 Å². The first kappa shape index (κ1) is 17.1. The van der Waals surface area contributed by atoms with Crippen molar-refractivity contribution in [3.63, 3.8) is 0 Å². The van der Waals surface area contributed by atoms with Crippen LogP contribution in [0.25, 0.3) is 0 Å². The van der Waals surface area contributed by atoms with Crippen molar-refractivity contribution >= 4 is 0 Å². The van der Waals surface area contributed by atoms with Crippen molar-refractivity contribution in [3.05, 3.63) is 12.2 Å². The summed E-state index contributed by atoms with van der Waals surface area (Å²) in [6, 6.07) is 0. The summed E-state index contributed by atoms with van der Waals surface area (Å²) in [5, 5.41) is 0. The van der Waals surface area contributed by atoms with E-state index in [1.807, 2.05) is 0 Å². The van der Waals surface area contributed by atoms with Gasteiger partial charge in [0, 0.05) is 0 Å². The number of hydrogen-bond acceptors (Lipinski definition) is 0. The van der Waals surface area contributed by atoms with Crippen LogP contribution in [-0.4, -0.2) is 0 Å². The van der Waals surface area contributed by atoms with E-state index >= 15 is 0 Å². The molecule has 1 fully saturated rings. The van der Waals surface area contributed by atoms with Crippen molar-refractivity contribution < 1.29 is 0 Å². The molecular formula is C21H38. The van der Waals surface area contributed by atoms with Crippen LogP contribution in [0.3, 0.4) is 0 Å². The van der Waals surface area contributed by atoms with Gasteiger partial charge in [0.15, 0.2) is 0 Å². The van der Waals surface area contributed by atoms with Crippen LogP contribution in [0.15, 0.2) is 12.2 Å². The Hall–Kier alpha value is -0.260. The van der Waals surface area contributed by atoms with Crippen LogP contribution < -0.4 is 0 Å². The molecule has 1 saturated carbocycles. The number of fused-ring (bicyclic) bond motifs is 1. The summed E-state index contributed by atoms with van der Waals surface area (Å²) in [7, 11) is 0. The molecule has 0 bridgehead atoms. The Morgan fingerprint density at radius 2 is 1.71 bits per heavy atom. The highest BCUT2D eigenvalue weighted by atomic mass is 14.4. The van der Waals surface area contributed by atoms with Crippen molar-refractivity contribution in [2.45, 2.75) is 85.5 Å². The van der Waals surface area contributed by atoms with E-state index in [0.717, 1.165) is 35.5 Å². The molecule has 5 unspecified atom stereocenters. The molecule has 0 saturated heterocycles. The van der Waals surface area contributed by atoms with Crippen molar-refractivity contribution in [3.8, 4) is 0 Å². The summed E-state index contributed by atoms with van der Waals surface area (Å²) in [6.45, 7) is 9.67. The lowest BCUT2D eigenvalue weighted by molar-refractivity contribution is 0.238. The van der Waals surface area contributed by atoms with Crippen LogP contribution in [-0.2, 0) is 0 Å². The maximum absolute atomic E-state index is 2.53. The largest absolute Gasteiger partial charge is 0.0882 e. The van der Waals surface area contributed by atoms with E-state index in [9.17, 15) is 0 Å². The molecule has 0 aliphatic heterocycles. The Morgan fingerprint density at radius 1 is 0.952 bits per heavy atom. The molecule has 0 N–H and O–H groups in total. The van der Waals surface area contributed by atoms with Crippen LogP contribution >= 0.6 is 0 Å². The van der Waals surface area contributed by atoms with Gasteiger partial charge in [0.05, 0.1) is 0 Å². The van der Waals surface area contributed by atoms with Gasteiger partial charge in [0.25, 0.3) is 0 Å². The Labute approximate surface area is 133 Å². The fraction of sp³-hybridized carbons (Fsp3) is 0.905. The predicted molar refractivity (Wildman–Crippen MR) is 94.3 cm³/mol. The van der Waals surface area contributed by atoms with E-state index in [-0.39, 0.29) is 0 Å². The van der Waals surface area contributed by atoms with Gasteiger partial charge in [-0.25, -0.2) is 0 Å². The monoisotopic (exact) mass is 290 g/mol. The summed E-state index contributed by atoms with van der Waals surface area (Å²) in [6.07, 6.45) is 17.9. The molecule has 0 aromatic heterocycles. The third-order valence-electron chi connectivity index (χ3n) is 6.57. The second kappa shape index (κ2) is 8.39. The van der Waals surface area contributed by atoms with Crippen LogP contribution in [0.1, 0.15) is 85.5 Å². The smallest absolute Gasteiger partial charge is 0.0317 e. The summed E-state index contributed by atoms with van der Waals surface area (Å²) in [4.78, 5) is 0. The van der Waals surface area contributed by atoms with Gasteiger partial charge in [-0.2, -0.15) is 0 Å². The normalized spacial score (nSPS) is 31.4. The van der Waals surface area contributed by atoms with Crippen LogP contribution in [0.4, 0.5) is 0 Å². The maximum atomic E-state index is 2.53. The van der Waals surface area contributed by atoms with E-state index in [1.165, 1.54) is 57.8 Å². The molecular weight excluding hydrogens is 252 g/mol. The predicted octanol–water partition coefficient (Wildman–Crippen LogP) is 6.86. The number of allylic oxidation sites excluding steroid dienone is 2. The van der Waals surface area contributed by atoms with E-state index in [4.69, 9.17) is 0 Å². The zero-order valence-electron chi connectivity index (χ0n) is 15.0. The van der Waals surface area contributed by atoms with Crippen molar-refractivity contribution in [1.29, 1.82) is 0 Å². The van der Waals surface area contributed by atoms with Gasteiger partial charge >= 0.3 is 0 Å². The first-order valence-corrected chi connectivity index (χ1v) is 9.76. The Morgan fingerprint density at radius 3 is 2.43 bits per heavy atom. The Kier molecular flexibility index (Phi) is 6.83. The first-order valence-electron chi connectivity index (χ1n) is 9.76.